The van der Waals surface area contributed by atoms with E-state index in [-0.39, 0.29) is 4.90 Å². The van der Waals surface area contributed by atoms with Gasteiger partial charge in [-0.25, -0.2) is 0 Å². The summed E-state index contributed by atoms with van der Waals surface area (Å²) in [5.74, 6) is 0.713. The molecule has 1 aromatic rings. The summed E-state index contributed by atoms with van der Waals surface area (Å²) < 4.78 is 29.5. The normalized spacial score (nSPS) is 20.4. The molecule has 0 unspecified atom stereocenters. The van der Waals surface area contributed by atoms with Gasteiger partial charge in [0.2, 0.25) is 0 Å². The van der Waals surface area contributed by atoms with Crippen LogP contribution in [0.15, 0.2) is 33.6 Å². The van der Waals surface area contributed by atoms with Crippen LogP contribution in [0.1, 0.15) is 31.2 Å². The molecule has 2 saturated heterocycles. The molecule has 2 fully saturated rings. The predicted molar refractivity (Wildman–Crippen MR) is 92.3 cm³/mol. The van der Waals surface area contributed by atoms with Gasteiger partial charge < -0.3 is 4.90 Å². The first-order valence-corrected chi connectivity index (χ1v) is 9.86. The van der Waals surface area contributed by atoms with E-state index in [9.17, 15) is 8.42 Å². The summed E-state index contributed by atoms with van der Waals surface area (Å²) in [5.41, 5.74) is 1.05. The quantitative estimate of drug-likeness (QED) is 0.626. The maximum absolute atomic E-state index is 12.7. The van der Waals surface area contributed by atoms with E-state index in [2.05, 4.69) is 14.2 Å². The minimum Gasteiger partial charge on any atom is -0.358 e. The second-order valence-electron chi connectivity index (χ2n) is 6.47. The van der Waals surface area contributed by atoms with Gasteiger partial charge in [-0.3, -0.25) is 4.90 Å². The molecule has 0 radical (unpaired) electrons. The van der Waals surface area contributed by atoms with E-state index in [1.165, 1.54) is 12.8 Å². The van der Waals surface area contributed by atoms with Gasteiger partial charge >= 0.3 is 0 Å². The maximum Gasteiger partial charge on any atom is 0.283 e. The highest BCUT2D eigenvalue weighted by Crippen LogP contribution is 2.17. The van der Waals surface area contributed by atoms with E-state index < -0.39 is 10.0 Å². The van der Waals surface area contributed by atoms with E-state index in [0.717, 1.165) is 44.6 Å². The van der Waals surface area contributed by atoms with Gasteiger partial charge in [0, 0.05) is 13.1 Å². The molecule has 0 N–H and O–H groups in total. The molecule has 0 saturated carbocycles. The maximum atomic E-state index is 12.7. The monoisotopic (exact) mass is 335 g/mol. The second kappa shape index (κ2) is 7.01. The lowest BCUT2D eigenvalue weighted by Crippen LogP contribution is -2.38. The van der Waals surface area contributed by atoms with Crippen molar-refractivity contribution < 1.29 is 8.42 Å². The first-order valence-electron chi connectivity index (χ1n) is 8.42. The van der Waals surface area contributed by atoms with Gasteiger partial charge in [0.15, 0.2) is 0 Å². The third-order valence-corrected chi connectivity index (χ3v) is 5.90. The number of rotatable bonds is 4. The summed E-state index contributed by atoms with van der Waals surface area (Å²) in [6.07, 6.45) is 4.61. The highest BCUT2D eigenvalue weighted by molar-refractivity contribution is 7.90. The van der Waals surface area contributed by atoms with Crippen molar-refractivity contribution in [3.8, 4) is 0 Å². The molecule has 6 heteroatoms. The fourth-order valence-corrected chi connectivity index (χ4v) is 4.24. The molecule has 23 heavy (non-hydrogen) atoms. The van der Waals surface area contributed by atoms with E-state index in [0.29, 0.717) is 12.4 Å². The SMILES string of the molecule is Cc1ccc(S(=O)(=O)N=C(CN2CCCC2)N2CCCC2)cc1. The molecule has 2 heterocycles. The average Bonchev–Trinajstić information content (AvgIpc) is 3.20. The van der Waals surface area contributed by atoms with Crippen LogP contribution in [0, 0.1) is 6.92 Å². The van der Waals surface area contributed by atoms with Crippen molar-refractivity contribution in [2.24, 2.45) is 4.40 Å². The Morgan fingerprint density at radius 3 is 2.17 bits per heavy atom. The molecule has 0 atom stereocenters. The molecule has 1 aromatic carbocycles. The van der Waals surface area contributed by atoms with Gasteiger partial charge in [0.1, 0.15) is 5.84 Å². The first kappa shape index (κ1) is 16.5. The van der Waals surface area contributed by atoms with Crippen LogP contribution in [0.25, 0.3) is 0 Å². The molecular formula is C17H25N3O2S. The van der Waals surface area contributed by atoms with Gasteiger partial charge in [-0.1, -0.05) is 17.7 Å². The Bertz CT molecular complexity index is 656. The fraction of sp³-hybridized carbons (Fsp3) is 0.588. The van der Waals surface area contributed by atoms with Gasteiger partial charge in [-0.2, -0.15) is 8.42 Å². The van der Waals surface area contributed by atoms with Crippen LogP contribution in [0.4, 0.5) is 0 Å². The van der Waals surface area contributed by atoms with Crippen LogP contribution in [-0.2, 0) is 10.0 Å². The zero-order valence-electron chi connectivity index (χ0n) is 13.7. The van der Waals surface area contributed by atoms with E-state index in [1.807, 2.05) is 19.1 Å². The number of sulfonamides is 1. The lowest BCUT2D eigenvalue weighted by atomic mass is 10.2. The van der Waals surface area contributed by atoms with Crippen LogP contribution in [-0.4, -0.2) is 56.8 Å². The third kappa shape index (κ3) is 4.12. The Labute approximate surface area is 139 Å². The molecule has 2 aliphatic rings. The van der Waals surface area contributed by atoms with Gasteiger partial charge in [0.05, 0.1) is 11.4 Å². The van der Waals surface area contributed by atoms with E-state index in [1.54, 1.807) is 12.1 Å². The molecule has 0 spiro atoms. The summed E-state index contributed by atoms with van der Waals surface area (Å²) in [6.45, 7) is 6.49. The van der Waals surface area contributed by atoms with Crippen LogP contribution >= 0.6 is 0 Å². The topological polar surface area (TPSA) is 53.0 Å². The largest absolute Gasteiger partial charge is 0.358 e. The molecule has 2 aliphatic heterocycles. The molecule has 126 valence electrons. The zero-order chi connectivity index (χ0) is 16.3. The average molecular weight is 335 g/mol. The van der Waals surface area contributed by atoms with Crippen molar-refractivity contribution >= 4 is 15.9 Å². The van der Waals surface area contributed by atoms with Crippen molar-refractivity contribution in [2.75, 3.05) is 32.7 Å². The summed E-state index contributed by atoms with van der Waals surface area (Å²) in [6, 6.07) is 6.92. The Morgan fingerprint density at radius 1 is 1.00 bits per heavy atom. The Balaban J connectivity index is 1.86. The third-order valence-electron chi connectivity index (χ3n) is 4.58. The summed E-state index contributed by atoms with van der Waals surface area (Å²) in [4.78, 5) is 4.73. The van der Waals surface area contributed by atoms with Crippen LogP contribution in [0.3, 0.4) is 0 Å². The fourth-order valence-electron chi connectivity index (χ4n) is 3.20. The molecular weight excluding hydrogens is 310 g/mol. The highest BCUT2D eigenvalue weighted by Gasteiger charge is 2.24. The zero-order valence-corrected chi connectivity index (χ0v) is 14.6. The minimum atomic E-state index is -3.64. The lowest BCUT2D eigenvalue weighted by Gasteiger charge is -2.24. The molecule has 0 bridgehead atoms. The summed E-state index contributed by atoms with van der Waals surface area (Å²) in [5, 5.41) is 0. The highest BCUT2D eigenvalue weighted by atomic mass is 32.2. The molecule has 5 nitrogen and oxygen atoms in total. The standard InChI is InChI=1S/C17H25N3O2S/c1-15-6-8-16(9-7-15)23(21,22)18-17(20-12-4-5-13-20)14-19-10-2-3-11-19/h6-9H,2-5,10-14H2,1H3. The number of aryl methyl sites for hydroxylation is 1. The van der Waals surface area contributed by atoms with Gasteiger partial charge in [-0.05, 0) is 57.8 Å². The molecule has 3 rings (SSSR count). The number of likely N-dealkylation sites (tertiary alicyclic amines) is 2. The Kier molecular flexibility index (Phi) is 5.02. The predicted octanol–water partition coefficient (Wildman–Crippen LogP) is 2.27. The van der Waals surface area contributed by atoms with Crippen molar-refractivity contribution in [1.82, 2.24) is 9.80 Å². The van der Waals surface area contributed by atoms with Gasteiger partial charge in [-0.15, -0.1) is 4.40 Å². The van der Waals surface area contributed by atoms with Crippen molar-refractivity contribution in [2.45, 2.75) is 37.5 Å². The Hall–Kier alpha value is -1.40. The summed E-state index contributed by atoms with van der Waals surface area (Å²) in [7, 11) is -3.64. The van der Waals surface area contributed by atoms with Crippen LogP contribution in [0.5, 0.6) is 0 Å². The van der Waals surface area contributed by atoms with Crippen molar-refractivity contribution in [3.05, 3.63) is 29.8 Å². The smallest absolute Gasteiger partial charge is 0.283 e. The number of benzene rings is 1. The number of hydrogen-bond acceptors (Lipinski definition) is 3. The van der Waals surface area contributed by atoms with E-state index in [4.69, 9.17) is 0 Å². The molecule has 0 amide bonds. The molecule has 0 aliphatic carbocycles. The van der Waals surface area contributed by atoms with E-state index >= 15 is 0 Å². The minimum absolute atomic E-state index is 0.279. The van der Waals surface area contributed by atoms with Crippen LogP contribution in [0.2, 0.25) is 0 Å². The number of nitrogens with zero attached hydrogens (tertiary/aromatic N) is 3. The Morgan fingerprint density at radius 2 is 1.57 bits per heavy atom. The molecule has 0 aromatic heterocycles. The van der Waals surface area contributed by atoms with Crippen molar-refractivity contribution in [1.29, 1.82) is 0 Å². The lowest BCUT2D eigenvalue weighted by molar-refractivity contribution is 0.366. The van der Waals surface area contributed by atoms with Gasteiger partial charge in [0.25, 0.3) is 10.0 Å². The van der Waals surface area contributed by atoms with Crippen LogP contribution < -0.4 is 0 Å². The number of hydrogen-bond donors (Lipinski definition) is 0. The van der Waals surface area contributed by atoms with Crippen molar-refractivity contribution in [3.63, 3.8) is 0 Å². The number of amidine groups is 1. The second-order valence-corrected chi connectivity index (χ2v) is 8.08. The summed E-state index contributed by atoms with van der Waals surface area (Å²) >= 11 is 0. The first-order chi connectivity index (χ1) is 11.0.